The lowest BCUT2D eigenvalue weighted by molar-refractivity contribution is -0.137. The van der Waals surface area contributed by atoms with Crippen LogP contribution in [-0.4, -0.2) is 26.3 Å². The van der Waals surface area contributed by atoms with Crippen molar-refractivity contribution < 1.29 is 17.9 Å². The quantitative estimate of drug-likeness (QED) is 0.824. The first-order chi connectivity index (χ1) is 8.97. The second-order valence-electron chi connectivity index (χ2n) is 4.45. The Labute approximate surface area is 112 Å². The van der Waals surface area contributed by atoms with Gasteiger partial charge in [0, 0.05) is 13.2 Å². The number of benzene rings is 1. The first-order valence-electron chi connectivity index (χ1n) is 6.35. The summed E-state index contributed by atoms with van der Waals surface area (Å²) >= 11 is 0. The zero-order valence-electron chi connectivity index (χ0n) is 11.3. The van der Waals surface area contributed by atoms with Gasteiger partial charge in [-0.2, -0.15) is 13.2 Å². The van der Waals surface area contributed by atoms with Gasteiger partial charge < -0.3 is 10.1 Å². The molecule has 1 rings (SSSR count). The van der Waals surface area contributed by atoms with Crippen LogP contribution in [0.25, 0.3) is 0 Å². The lowest BCUT2D eigenvalue weighted by Gasteiger charge is -2.17. The maximum absolute atomic E-state index is 12.6. The summed E-state index contributed by atoms with van der Waals surface area (Å²) in [5.41, 5.74) is 0.116. The van der Waals surface area contributed by atoms with E-state index in [1.54, 1.807) is 13.2 Å². The standard InChI is InChI=1S/C14H20F3NO/c1-3-18-13(10-19-2)8-7-11-5-4-6-12(9-11)14(15,16)17/h4-6,9,13,18H,3,7-8,10H2,1-2H3. The molecule has 5 heteroatoms. The number of hydrogen-bond acceptors (Lipinski definition) is 2. The van der Waals surface area contributed by atoms with Gasteiger partial charge in [-0.3, -0.25) is 0 Å². The van der Waals surface area contributed by atoms with Crippen molar-refractivity contribution in [2.45, 2.75) is 32.0 Å². The fourth-order valence-electron chi connectivity index (χ4n) is 1.98. The monoisotopic (exact) mass is 275 g/mol. The third-order valence-corrected chi connectivity index (χ3v) is 2.90. The van der Waals surface area contributed by atoms with E-state index >= 15 is 0 Å². The predicted octanol–water partition coefficient (Wildman–Crippen LogP) is 3.26. The highest BCUT2D eigenvalue weighted by atomic mass is 19.4. The topological polar surface area (TPSA) is 21.3 Å². The van der Waals surface area contributed by atoms with Crippen LogP contribution in [0.1, 0.15) is 24.5 Å². The minimum atomic E-state index is -4.27. The summed E-state index contributed by atoms with van der Waals surface area (Å²) in [7, 11) is 1.62. The first kappa shape index (κ1) is 16.0. The molecule has 0 heterocycles. The lowest BCUT2D eigenvalue weighted by atomic mass is 10.0. The normalized spacial score (nSPS) is 13.5. The molecule has 1 aromatic carbocycles. The second-order valence-corrected chi connectivity index (χ2v) is 4.45. The molecule has 0 fully saturated rings. The van der Waals surface area contributed by atoms with E-state index in [1.165, 1.54) is 12.1 Å². The van der Waals surface area contributed by atoms with E-state index in [0.717, 1.165) is 19.0 Å². The van der Waals surface area contributed by atoms with Gasteiger partial charge in [0.05, 0.1) is 12.2 Å². The minimum absolute atomic E-state index is 0.171. The molecule has 0 aromatic heterocycles. The molecule has 0 saturated heterocycles. The number of ether oxygens (including phenoxy) is 1. The summed E-state index contributed by atoms with van der Waals surface area (Å²) in [6.07, 6.45) is -2.92. The Hall–Kier alpha value is -1.07. The van der Waals surface area contributed by atoms with Crippen LogP contribution in [0.2, 0.25) is 0 Å². The molecule has 0 amide bonds. The number of likely N-dealkylation sites (N-methyl/N-ethyl adjacent to an activating group) is 1. The predicted molar refractivity (Wildman–Crippen MR) is 69.1 cm³/mol. The van der Waals surface area contributed by atoms with Crippen LogP contribution in [0.3, 0.4) is 0 Å². The smallest absolute Gasteiger partial charge is 0.383 e. The molecule has 0 saturated carbocycles. The third kappa shape index (κ3) is 5.61. The van der Waals surface area contributed by atoms with Crippen LogP contribution >= 0.6 is 0 Å². The van der Waals surface area contributed by atoms with Crippen molar-refractivity contribution in [2.75, 3.05) is 20.3 Å². The molecule has 1 unspecified atom stereocenters. The zero-order valence-corrected chi connectivity index (χ0v) is 11.3. The van der Waals surface area contributed by atoms with Gasteiger partial charge in [0.1, 0.15) is 0 Å². The molecule has 1 N–H and O–H groups in total. The van der Waals surface area contributed by atoms with Crippen LogP contribution in [0.4, 0.5) is 13.2 Å². The van der Waals surface area contributed by atoms with Gasteiger partial charge in [-0.05, 0) is 31.0 Å². The van der Waals surface area contributed by atoms with E-state index in [4.69, 9.17) is 4.74 Å². The van der Waals surface area contributed by atoms with Gasteiger partial charge in [-0.15, -0.1) is 0 Å². The van der Waals surface area contributed by atoms with Gasteiger partial charge in [0.2, 0.25) is 0 Å². The summed E-state index contributed by atoms with van der Waals surface area (Å²) in [5.74, 6) is 0. The van der Waals surface area contributed by atoms with Crippen molar-refractivity contribution in [3.8, 4) is 0 Å². The molecular formula is C14H20F3NO. The van der Waals surface area contributed by atoms with E-state index in [2.05, 4.69) is 5.32 Å². The maximum Gasteiger partial charge on any atom is 0.416 e. The Morgan fingerprint density at radius 3 is 2.63 bits per heavy atom. The molecule has 0 aliphatic carbocycles. The summed E-state index contributed by atoms with van der Waals surface area (Å²) in [4.78, 5) is 0. The number of methoxy groups -OCH3 is 1. The minimum Gasteiger partial charge on any atom is -0.383 e. The molecule has 2 nitrogen and oxygen atoms in total. The van der Waals surface area contributed by atoms with Crippen molar-refractivity contribution in [2.24, 2.45) is 0 Å². The maximum atomic E-state index is 12.6. The second kappa shape index (κ2) is 7.50. The number of aryl methyl sites for hydroxylation is 1. The average molecular weight is 275 g/mol. The van der Waals surface area contributed by atoms with Crippen molar-refractivity contribution in [1.29, 1.82) is 0 Å². The fourth-order valence-corrected chi connectivity index (χ4v) is 1.98. The Morgan fingerprint density at radius 1 is 1.32 bits per heavy atom. The summed E-state index contributed by atoms with van der Waals surface area (Å²) in [6.45, 7) is 3.37. The van der Waals surface area contributed by atoms with E-state index in [1.807, 2.05) is 6.92 Å². The lowest BCUT2D eigenvalue weighted by Crippen LogP contribution is -2.33. The average Bonchev–Trinajstić information content (AvgIpc) is 2.36. The van der Waals surface area contributed by atoms with Crippen LogP contribution in [-0.2, 0) is 17.3 Å². The molecule has 1 aromatic rings. The molecule has 0 aliphatic heterocycles. The fraction of sp³-hybridized carbons (Fsp3) is 0.571. The highest BCUT2D eigenvalue weighted by Gasteiger charge is 2.30. The molecule has 108 valence electrons. The number of hydrogen-bond donors (Lipinski definition) is 1. The van der Waals surface area contributed by atoms with Gasteiger partial charge in [0.25, 0.3) is 0 Å². The molecule has 19 heavy (non-hydrogen) atoms. The Balaban J connectivity index is 2.61. The van der Waals surface area contributed by atoms with Crippen LogP contribution < -0.4 is 5.32 Å². The summed E-state index contributed by atoms with van der Waals surface area (Å²) in [5, 5.41) is 3.25. The highest BCUT2D eigenvalue weighted by molar-refractivity contribution is 5.25. The van der Waals surface area contributed by atoms with Gasteiger partial charge in [-0.1, -0.05) is 25.1 Å². The Kier molecular flexibility index (Phi) is 6.31. The molecular weight excluding hydrogens is 255 g/mol. The van der Waals surface area contributed by atoms with E-state index in [9.17, 15) is 13.2 Å². The largest absolute Gasteiger partial charge is 0.416 e. The molecule has 0 bridgehead atoms. The third-order valence-electron chi connectivity index (χ3n) is 2.90. The molecule has 0 radical (unpaired) electrons. The van der Waals surface area contributed by atoms with Crippen molar-refractivity contribution >= 4 is 0 Å². The molecule has 1 atom stereocenters. The summed E-state index contributed by atoms with van der Waals surface area (Å²) < 4.78 is 42.8. The van der Waals surface area contributed by atoms with Crippen molar-refractivity contribution in [3.05, 3.63) is 35.4 Å². The van der Waals surface area contributed by atoms with Crippen LogP contribution in [0.15, 0.2) is 24.3 Å². The number of alkyl halides is 3. The van der Waals surface area contributed by atoms with E-state index in [-0.39, 0.29) is 6.04 Å². The van der Waals surface area contributed by atoms with E-state index in [0.29, 0.717) is 18.6 Å². The molecule has 0 spiro atoms. The van der Waals surface area contributed by atoms with Gasteiger partial charge in [0.15, 0.2) is 0 Å². The van der Waals surface area contributed by atoms with Crippen molar-refractivity contribution in [1.82, 2.24) is 5.32 Å². The molecule has 0 aliphatic rings. The highest BCUT2D eigenvalue weighted by Crippen LogP contribution is 2.29. The Morgan fingerprint density at radius 2 is 2.05 bits per heavy atom. The zero-order chi connectivity index (χ0) is 14.3. The van der Waals surface area contributed by atoms with E-state index < -0.39 is 11.7 Å². The number of rotatable bonds is 7. The first-order valence-corrected chi connectivity index (χ1v) is 6.35. The van der Waals surface area contributed by atoms with Gasteiger partial charge >= 0.3 is 6.18 Å². The van der Waals surface area contributed by atoms with Gasteiger partial charge in [-0.25, -0.2) is 0 Å². The number of halogens is 3. The number of nitrogens with one attached hydrogen (secondary N) is 1. The van der Waals surface area contributed by atoms with Crippen LogP contribution in [0, 0.1) is 0 Å². The van der Waals surface area contributed by atoms with Crippen LogP contribution in [0.5, 0.6) is 0 Å². The Bertz CT molecular complexity index is 373. The van der Waals surface area contributed by atoms with Crippen molar-refractivity contribution in [3.63, 3.8) is 0 Å². The summed E-state index contributed by atoms with van der Waals surface area (Å²) in [6, 6.07) is 5.67. The SMILES string of the molecule is CCNC(CCc1cccc(C(F)(F)F)c1)COC.